The molecule has 3 aromatic heterocycles. The summed E-state index contributed by atoms with van der Waals surface area (Å²) in [5, 5.41) is 15.6. The lowest BCUT2D eigenvalue weighted by molar-refractivity contribution is 0.795. The van der Waals surface area contributed by atoms with Crippen molar-refractivity contribution in [2.24, 2.45) is 5.10 Å². The molecule has 102 valence electrons. The summed E-state index contributed by atoms with van der Waals surface area (Å²) in [5.41, 5.74) is 1.22. The molecule has 0 atom stereocenters. The van der Waals surface area contributed by atoms with E-state index in [0.29, 0.717) is 4.77 Å². The van der Waals surface area contributed by atoms with Gasteiger partial charge in [-0.3, -0.25) is 5.10 Å². The normalized spacial score (nSPS) is 11.4. The zero-order valence-corrected chi connectivity index (χ0v) is 13.2. The maximum atomic E-state index is 5.23. The predicted molar refractivity (Wildman–Crippen MR) is 86.6 cm³/mol. The van der Waals surface area contributed by atoms with E-state index < -0.39 is 0 Å². The van der Waals surface area contributed by atoms with Gasteiger partial charge in [0.2, 0.25) is 4.77 Å². The zero-order chi connectivity index (χ0) is 13.9. The van der Waals surface area contributed by atoms with Crippen LogP contribution in [0.15, 0.2) is 34.1 Å². The summed E-state index contributed by atoms with van der Waals surface area (Å²) >= 11 is 8.60. The van der Waals surface area contributed by atoms with Crippen LogP contribution in [-0.2, 0) is 6.42 Å². The van der Waals surface area contributed by atoms with Gasteiger partial charge in [-0.25, -0.2) is 0 Å². The van der Waals surface area contributed by atoms with Crippen LogP contribution in [0, 0.1) is 11.7 Å². The first-order valence-corrected chi connectivity index (χ1v) is 8.18. The molecule has 20 heavy (non-hydrogen) atoms. The lowest BCUT2D eigenvalue weighted by Gasteiger charge is -1.98. The molecule has 0 unspecified atom stereocenters. The van der Waals surface area contributed by atoms with E-state index in [1.54, 1.807) is 27.3 Å². The van der Waals surface area contributed by atoms with Gasteiger partial charge in [0.25, 0.3) is 0 Å². The fraction of sp³-hybridized carbons (Fsp3) is 0.154. The number of nitrogens with one attached hydrogen (secondary N) is 1. The fourth-order valence-corrected chi connectivity index (χ4v) is 3.43. The van der Waals surface area contributed by atoms with Gasteiger partial charge in [0.1, 0.15) is 0 Å². The van der Waals surface area contributed by atoms with E-state index in [4.69, 9.17) is 12.2 Å². The lowest BCUT2D eigenvalue weighted by atomic mass is 10.3. The molecule has 0 saturated heterocycles. The first-order valence-electron chi connectivity index (χ1n) is 6.01. The third-order valence-corrected chi connectivity index (χ3v) is 4.92. The van der Waals surface area contributed by atoms with Gasteiger partial charge in [-0.15, -0.1) is 22.7 Å². The Balaban J connectivity index is 1.90. The Hall–Kier alpha value is -1.57. The number of hydrogen-bond acceptors (Lipinski definition) is 5. The van der Waals surface area contributed by atoms with Gasteiger partial charge in [0.05, 0.1) is 11.1 Å². The average molecular weight is 320 g/mol. The third kappa shape index (κ3) is 2.79. The van der Waals surface area contributed by atoms with Gasteiger partial charge < -0.3 is 0 Å². The number of aromatic nitrogens is 3. The Morgan fingerprint density at radius 3 is 3.00 bits per heavy atom. The summed E-state index contributed by atoms with van der Waals surface area (Å²) in [6.07, 6.45) is 2.56. The van der Waals surface area contributed by atoms with Crippen LogP contribution in [0.5, 0.6) is 0 Å². The summed E-state index contributed by atoms with van der Waals surface area (Å²) in [5.74, 6) is 0.822. The molecule has 0 aliphatic heterocycles. The van der Waals surface area contributed by atoms with E-state index in [9.17, 15) is 0 Å². The standard InChI is InChI=1S/C13H12N4S3/c1-9-4-6-20-11(9)8-14-17-12(15-16-13(17)18)7-10-3-2-5-19-10/h2-6,8H,7H2,1H3,(H,16,18)/b14-8-. The molecule has 0 bridgehead atoms. The highest BCUT2D eigenvalue weighted by molar-refractivity contribution is 7.71. The first kappa shape index (κ1) is 13.4. The second-order valence-electron chi connectivity index (χ2n) is 4.23. The van der Waals surface area contributed by atoms with Crippen molar-refractivity contribution in [1.82, 2.24) is 14.9 Å². The molecule has 3 rings (SSSR count). The van der Waals surface area contributed by atoms with E-state index in [0.717, 1.165) is 17.1 Å². The highest BCUT2D eigenvalue weighted by Gasteiger charge is 2.07. The van der Waals surface area contributed by atoms with Gasteiger partial charge in [0, 0.05) is 11.3 Å². The average Bonchev–Trinajstić information content (AvgIpc) is 3.13. The first-order chi connectivity index (χ1) is 9.74. The minimum absolute atomic E-state index is 0.516. The third-order valence-electron chi connectivity index (χ3n) is 2.82. The van der Waals surface area contributed by atoms with Crippen molar-refractivity contribution < 1.29 is 0 Å². The summed E-state index contributed by atoms with van der Waals surface area (Å²) < 4.78 is 2.20. The van der Waals surface area contributed by atoms with Crippen LogP contribution in [0.1, 0.15) is 21.1 Å². The molecule has 0 amide bonds. The van der Waals surface area contributed by atoms with Crippen molar-refractivity contribution >= 4 is 41.1 Å². The van der Waals surface area contributed by atoms with Crippen molar-refractivity contribution in [2.45, 2.75) is 13.3 Å². The van der Waals surface area contributed by atoms with Crippen molar-refractivity contribution in [3.8, 4) is 0 Å². The van der Waals surface area contributed by atoms with E-state index in [1.165, 1.54) is 10.4 Å². The van der Waals surface area contributed by atoms with E-state index in [-0.39, 0.29) is 0 Å². The summed E-state index contributed by atoms with van der Waals surface area (Å²) in [4.78, 5) is 2.37. The maximum absolute atomic E-state index is 5.23. The van der Waals surface area contributed by atoms with Gasteiger partial charge >= 0.3 is 0 Å². The van der Waals surface area contributed by atoms with Crippen LogP contribution in [-0.4, -0.2) is 21.1 Å². The Morgan fingerprint density at radius 1 is 1.40 bits per heavy atom. The number of hydrogen-bond donors (Lipinski definition) is 1. The minimum Gasteiger partial charge on any atom is -0.250 e. The Bertz CT molecular complexity index is 777. The number of thiophene rings is 2. The Labute approximate surface area is 129 Å². The molecule has 0 radical (unpaired) electrons. The topological polar surface area (TPSA) is 46.0 Å². The van der Waals surface area contributed by atoms with Gasteiger partial charge in [-0.1, -0.05) is 6.07 Å². The van der Waals surface area contributed by atoms with Gasteiger partial charge in [-0.2, -0.15) is 14.9 Å². The number of nitrogens with zero attached hydrogens (tertiary/aromatic N) is 3. The molecule has 0 aliphatic rings. The van der Waals surface area contributed by atoms with Crippen LogP contribution in [0.25, 0.3) is 0 Å². The molecular formula is C13H12N4S3. The number of aromatic amines is 1. The lowest BCUT2D eigenvalue weighted by Crippen LogP contribution is -1.99. The zero-order valence-electron chi connectivity index (χ0n) is 10.7. The molecular weight excluding hydrogens is 308 g/mol. The summed E-state index contributed by atoms with van der Waals surface area (Å²) in [6, 6.07) is 6.19. The molecule has 3 heterocycles. The van der Waals surface area contributed by atoms with E-state index in [1.807, 2.05) is 12.3 Å². The molecule has 4 nitrogen and oxygen atoms in total. The van der Waals surface area contributed by atoms with Crippen molar-refractivity contribution in [2.75, 3.05) is 0 Å². The van der Waals surface area contributed by atoms with Crippen LogP contribution in [0.2, 0.25) is 0 Å². The molecule has 0 aliphatic carbocycles. The number of H-pyrrole nitrogens is 1. The van der Waals surface area contributed by atoms with Gasteiger partial charge in [0.15, 0.2) is 5.82 Å². The second kappa shape index (κ2) is 5.82. The largest absolute Gasteiger partial charge is 0.250 e. The highest BCUT2D eigenvalue weighted by Crippen LogP contribution is 2.15. The number of aryl methyl sites for hydroxylation is 1. The van der Waals surface area contributed by atoms with E-state index >= 15 is 0 Å². The SMILES string of the molecule is Cc1ccsc1/C=N\n1c(Cc2cccs2)n[nH]c1=S. The van der Waals surface area contributed by atoms with E-state index in [2.05, 4.69) is 45.1 Å². The van der Waals surface area contributed by atoms with Crippen LogP contribution < -0.4 is 0 Å². The summed E-state index contributed by atoms with van der Waals surface area (Å²) in [7, 11) is 0. The van der Waals surface area contributed by atoms with Crippen molar-refractivity contribution in [3.05, 3.63) is 54.9 Å². The molecule has 1 N–H and O–H groups in total. The predicted octanol–water partition coefficient (Wildman–Crippen LogP) is 3.85. The highest BCUT2D eigenvalue weighted by atomic mass is 32.1. The monoisotopic (exact) mass is 320 g/mol. The fourth-order valence-electron chi connectivity index (χ4n) is 1.75. The second-order valence-corrected chi connectivity index (χ2v) is 6.59. The molecule has 7 heteroatoms. The van der Waals surface area contributed by atoms with Crippen molar-refractivity contribution in [3.63, 3.8) is 0 Å². The Morgan fingerprint density at radius 2 is 2.30 bits per heavy atom. The van der Waals surface area contributed by atoms with Crippen LogP contribution in [0.4, 0.5) is 0 Å². The molecule has 0 fully saturated rings. The Kier molecular flexibility index (Phi) is 3.90. The molecule has 3 aromatic rings. The summed E-state index contributed by atoms with van der Waals surface area (Å²) in [6.45, 7) is 2.07. The van der Waals surface area contributed by atoms with Gasteiger partial charge in [-0.05, 0) is 47.6 Å². The quantitative estimate of drug-likeness (QED) is 0.586. The number of rotatable bonds is 4. The molecule has 0 aromatic carbocycles. The van der Waals surface area contributed by atoms with Crippen LogP contribution in [0.3, 0.4) is 0 Å². The van der Waals surface area contributed by atoms with Crippen LogP contribution >= 0.6 is 34.9 Å². The van der Waals surface area contributed by atoms with Crippen molar-refractivity contribution in [1.29, 1.82) is 0 Å². The molecule has 0 saturated carbocycles. The molecule has 0 spiro atoms. The maximum Gasteiger partial charge on any atom is 0.216 e. The minimum atomic E-state index is 0.516. The smallest absolute Gasteiger partial charge is 0.216 e.